The van der Waals surface area contributed by atoms with Crippen molar-refractivity contribution in [3.63, 3.8) is 0 Å². The van der Waals surface area contributed by atoms with Crippen LogP contribution in [0, 0.1) is 0 Å². The van der Waals surface area contributed by atoms with Crippen LogP contribution in [0.5, 0.6) is 11.5 Å². The summed E-state index contributed by atoms with van der Waals surface area (Å²) >= 11 is 0. The lowest BCUT2D eigenvalue weighted by atomic mass is 9.80. The molecule has 0 saturated carbocycles. The molecule has 3 aromatic carbocycles. The van der Waals surface area contributed by atoms with Gasteiger partial charge in [-0.05, 0) is 45.7 Å². The van der Waals surface area contributed by atoms with Crippen molar-refractivity contribution in [1.82, 2.24) is 0 Å². The molecule has 7 heteroatoms. The normalized spacial score (nSPS) is 13.1. The molecule has 0 spiro atoms. The van der Waals surface area contributed by atoms with Gasteiger partial charge in [-0.15, -0.1) is 0 Å². The Kier molecular flexibility index (Phi) is 8.16. The summed E-state index contributed by atoms with van der Waals surface area (Å²) in [7, 11) is -4.75. The van der Waals surface area contributed by atoms with Gasteiger partial charge in [0, 0.05) is 5.56 Å². The predicted molar refractivity (Wildman–Crippen MR) is 136 cm³/mol. The lowest BCUT2D eigenvalue weighted by Crippen LogP contribution is -2.17. The molecular weight excluding hydrogens is 454 g/mol. The fraction of sp³-hybridized carbons (Fsp3) is 0.308. The van der Waals surface area contributed by atoms with Crippen molar-refractivity contribution in [2.24, 2.45) is 0 Å². The molecule has 0 saturated heterocycles. The van der Waals surface area contributed by atoms with E-state index in [1.54, 1.807) is 0 Å². The Morgan fingerprint density at radius 1 is 0.667 bits per heavy atom. The number of hydrogen-bond acceptors (Lipinski definition) is 5. The molecule has 0 aliphatic rings. The van der Waals surface area contributed by atoms with Gasteiger partial charge in [0.15, 0.2) is 0 Å². The smallest absolute Gasteiger partial charge is 0.418 e. The summed E-state index contributed by atoms with van der Waals surface area (Å²) in [6.07, 6.45) is 0. The van der Waals surface area contributed by atoms with Gasteiger partial charge in [0.2, 0.25) is 0 Å². The minimum absolute atomic E-state index is 0.0126. The molecule has 176 valence electrons. The molecule has 33 heavy (non-hydrogen) atoms. The Morgan fingerprint density at radius 3 is 1.82 bits per heavy atom. The van der Waals surface area contributed by atoms with Crippen LogP contribution >= 0.6 is 17.2 Å². The molecule has 0 aliphatic carbocycles. The first kappa shape index (κ1) is 25.6. The summed E-state index contributed by atoms with van der Waals surface area (Å²) in [5.41, 5.74) is 4.12. The fourth-order valence-electron chi connectivity index (χ4n) is 3.28. The van der Waals surface area contributed by atoms with Crippen LogP contribution < -0.4 is 9.05 Å². The first-order valence-electron chi connectivity index (χ1n) is 10.8. The molecule has 3 rings (SSSR count). The van der Waals surface area contributed by atoms with Gasteiger partial charge >= 0.3 is 17.2 Å². The van der Waals surface area contributed by atoms with Crippen molar-refractivity contribution in [2.45, 2.75) is 52.4 Å². The largest absolute Gasteiger partial charge is 0.470 e. The zero-order valence-electron chi connectivity index (χ0n) is 19.9. The van der Waals surface area contributed by atoms with Gasteiger partial charge in [-0.3, -0.25) is 0 Å². The van der Waals surface area contributed by atoms with Crippen molar-refractivity contribution in [3.8, 4) is 22.6 Å². The van der Waals surface area contributed by atoms with E-state index in [0.717, 1.165) is 16.7 Å². The van der Waals surface area contributed by atoms with Gasteiger partial charge in [0.05, 0.1) is 0 Å². The molecule has 1 atom stereocenters. The highest BCUT2D eigenvalue weighted by molar-refractivity contribution is 7.55. The van der Waals surface area contributed by atoms with Crippen LogP contribution in [0.25, 0.3) is 11.1 Å². The van der Waals surface area contributed by atoms with Gasteiger partial charge in [0.25, 0.3) is 0 Å². The average Bonchev–Trinajstić information content (AvgIpc) is 2.73. The van der Waals surface area contributed by atoms with E-state index in [1.807, 2.05) is 66.7 Å². The summed E-state index contributed by atoms with van der Waals surface area (Å²) in [5, 5.41) is 0. The maximum absolute atomic E-state index is 9.51. The van der Waals surface area contributed by atoms with Gasteiger partial charge in [-0.1, -0.05) is 96.1 Å². The van der Waals surface area contributed by atoms with Crippen LogP contribution in [0.4, 0.5) is 0 Å². The molecule has 0 amide bonds. The summed E-state index contributed by atoms with van der Waals surface area (Å²) in [5.74, 6) is 1.11. The minimum atomic E-state index is -2.66. The Hall–Kier alpha value is -2.00. The van der Waals surface area contributed by atoms with E-state index in [2.05, 4.69) is 47.6 Å². The summed E-state index contributed by atoms with van der Waals surface area (Å²) in [6.45, 7) is 12.8. The molecule has 1 unspecified atom stereocenters. The SMILES string of the molecule is CC(C)(C)c1ccc(OP(Oc2ccc(-c3ccccc3)cc2)OP(O)O)c(C(C)(C)C)c1. The number of benzene rings is 3. The van der Waals surface area contributed by atoms with Crippen molar-refractivity contribution in [3.05, 3.63) is 83.9 Å². The lowest BCUT2D eigenvalue weighted by molar-refractivity contribution is 0.331. The van der Waals surface area contributed by atoms with Gasteiger partial charge < -0.3 is 18.8 Å². The van der Waals surface area contributed by atoms with Crippen LogP contribution in [0.1, 0.15) is 52.7 Å². The lowest BCUT2D eigenvalue weighted by Gasteiger charge is -2.28. The molecule has 0 aromatic heterocycles. The highest BCUT2D eigenvalue weighted by Gasteiger charge is 2.28. The van der Waals surface area contributed by atoms with Crippen molar-refractivity contribution < 1.29 is 23.1 Å². The highest BCUT2D eigenvalue weighted by atomic mass is 31.2. The number of rotatable bonds is 7. The Bertz CT molecular complexity index is 1040. The second-order valence-corrected chi connectivity index (χ2v) is 11.8. The summed E-state index contributed by atoms with van der Waals surface area (Å²) < 4.78 is 17.2. The summed E-state index contributed by atoms with van der Waals surface area (Å²) in [4.78, 5) is 19.0. The third-order valence-electron chi connectivity index (χ3n) is 5.11. The standard InChI is InChI=1S/C26H32O5P2/c1-25(2,3)21-14-17-24(23(18-21)26(4,5)6)30-33(31-32(27)28)29-22-15-12-20(13-16-22)19-10-8-7-9-11-19/h7-18,27-28H,1-6H3. The van der Waals surface area contributed by atoms with E-state index in [-0.39, 0.29) is 10.8 Å². The topological polar surface area (TPSA) is 68.2 Å². The second-order valence-electron chi connectivity index (χ2n) is 9.84. The maximum atomic E-state index is 9.51. The van der Waals surface area contributed by atoms with E-state index < -0.39 is 17.2 Å². The minimum Gasteiger partial charge on any atom is -0.418 e. The molecule has 0 bridgehead atoms. The van der Waals surface area contributed by atoms with Crippen LogP contribution in [-0.4, -0.2) is 9.79 Å². The Labute approximate surface area is 199 Å². The molecule has 0 radical (unpaired) electrons. The highest BCUT2D eigenvalue weighted by Crippen LogP contribution is 2.52. The van der Waals surface area contributed by atoms with Gasteiger partial charge in [-0.25, -0.2) is 4.31 Å². The van der Waals surface area contributed by atoms with Gasteiger partial charge in [-0.2, -0.15) is 0 Å². The summed E-state index contributed by atoms with van der Waals surface area (Å²) in [6, 6.07) is 23.6. The molecule has 0 aliphatic heterocycles. The zero-order chi connectivity index (χ0) is 24.2. The van der Waals surface area contributed by atoms with E-state index in [4.69, 9.17) is 13.4 Å². The second kappa shape index (κ2) is 10.5. The van der Waals surface area contributed by atoms with E-state index in [1.165, 1.54) is 5.56 Å². The molecular formula is C26H32O5P2. The van der Waals surface area contributed by atoms with Crippen LogP contribution in [-0.2, 0) is 15.1 Å². The monoisotopic (exact) mass is 486 g/mol. The number of hydrogen-bond donors (Lipinski definition) is 2. The van der Waals surface area contributed by atoms with E-state index in [0.29, 0.717) is 11.5 Å². The van der Waals surface area contributed by atoms with E-state index >= 15 is 0 Å². The molecule has 3 aromatic rings. The zero-order valence-corrected chi connectivity index (χ0v) is 21.7. The third-order valence-corrected chi connectivity index (χ3v) is 6.93. The van der Waals surface area contributed by atoms with Crippen LogP contribution in [0.15, 0.2) is 72.8 Å². The van der Waals surface area contributed by atoms with Crippen molar-refractivity contribution in [2.75, 3.05) is 0 Å². The quantitative estimate of drug-likeness (QED) is 0.333. The predicted octanol–water partition coefficient (Wildman–Crippen LogP) is 7.86. The molecule has 0 heterocycles. The third kappa shape index (κ3) is 7.24. The molecule has 2 N–H and O–H groups in total. The maximum Gasteiger partial charge on any atom is 0.470 e. The van der Waals surface area contributed by atoms with Gasteiger partial charge in [0.1, 0.15) is 11.5 Å². The Morgan fingerprint density at radius 2 is 1.27 bits per heavy atom. The van der Waals surface area contributed by atoms with Crippen LogP contribution in [0.2, 0.25) is 0 Å². The molecule has 5 nitrogen and oxygen atoms in total. The first-order chi connectivity index (χ1) is 15.4. The first-order valence-corrected chi connectivity index (χ1v) is 13.0. The molecule has 0 fully saturated rings. The van der Waals surface area contributed by atoms with Crippen molar-refractivity contribution >= 4 is 17.2 Å². The fourth-order valence-corrected chi connectivity index (χ4v) is 4.67. The Balaban J connectivity index is 1.85. The van der Waals surface area contributed by atoms with Crippen molar-refractivity contribution in [1.29, 1.82) is 0 Å². The van der Waals surface area contributed by atoms with E-state index in [9.17, 15) is 9.79 Å². The average molecular weight is 486 g/mol. The van der Waals surface area contributed by atoms with Crippen LogP contribution in [0.3, 0.4) is 0 Å².